The first-order valence-corrected chi connectivity index (χ1v) is 5.72. The van der Waals surface area contributed by atoms with E-state index in [0.717, 1.165) is 19.6 Å². The summed E-state index contributed by atoms with van der Waals surface area (Å²) >= 11 is 0. The molecule has 2 atom stereocenters. The van der Waals surface area contributed by atoms with E-state index in [9.17, 15) is 4.79 Å². The lowest BCUT2D eigenvalue weighted by molar-refractivity contribution is -0.129. The zero-order valence-electron chi connectivity index (χ0n) is 9.79. The highest BCUT2D eigenvalue weighted by atomic mass is 16.2. The van der Waals surface area contributed by atoms with E-state index in [2.05, 4.69) is 19.2 Å². The summed E-state index contributed by atoms with van der Waals surface area (Å²) in [7, 11) is 0. The van der Waals surface area contributed by atoms with Crippen LogP contribution in [0.1, 0.15) is 20.8 Å². The molecular formula is C12H20N2O. The molecule has 2 fully saturated rings. The van der Waals surface area contributed by atoms with Gasteiger partial charge in [-0.15, -0.1) is 0 Å². The quantitative estimate of drug-likeness (QED) is 0.652. The molecule has 2 heterocycles. The molecule has 2 aliphatic rings. The number of likely N-dealkylation sites (tertiary alicyclic amines) is 1. The fourth-order valence-electron chi connectivity index (χ4n) is 3.03. The first kappa shape index (κ1) is 10.7. The Hall–Kier alpha value is -0.830. The Bertz CT molecular complexity index is 296. The summed E-state index contributed by atoms with van der Waals surface area (Å²) in [4.78, 5) is 13.9. The second kappa shape index (κ2) is 3.63. The summed E-state index contributed by atoms with van der Waals surface area (Å²) in [5, 5.41) is 3.42. The van der Waals surface area contributed by atoms with Gasteiger partial charge in [0.2, 0.25) is 5.91 Å². The Labute approximate surface area is 91.5 Å². The van der Waals surface area contributed by atoms with E-state index in [4.69, 9.17) is 0 Å². The van der Waals surface area contributed by atoms with E-state index in [-0.39, 0.29) is 11.4 Å². The van der Waals surface area contributed by atoms with Crippen LogP contribution in [-0.4, -0.2) is 36.0 Å². The van der Waals surface area contributed by atoms with Crippen LogP contribution in [0.4, 0.5) is 0 Å². The van der Waals surface area contributed by atoms with Crippen LogP contribution in [0.5, 0.6) is 0 Å². The maximum Gasteiger partial charge on any atom is 0.246 e. The number of hydrogen-bond acceptors (Lipinski definition) is 2. The molecule has 84 valence electrons. The molecular weight excluding hydrogens is 188 g/mol. The number of carbonyl (C=O) groups excluding carboxylic acids is 1. The average Bonchev–Trinajstić information content (AvgIpc) is 2.69. The first-order valence-electron chi connectivity index (χ1n) is 5.72. The number of allylic oxidation sites excluding steroid dienone is 1. The van der Waals surface area contributed by atoms with E-state index >= 15 is 0 Å². The van der Waals surface area contributed by atoms with Crippen molar-refractivity contribution in [3.8, 4) is 0 Å². The van der Waals surface area contributed by atoms with Crippen molar-refractivity contribution in [2.24, 2.45) is 11.8 Å². The van der Waals surface area contributed by atoms with Crippen molar-refractivity contribution in [1.29, 1.82) is 0 Å². The number of hydrogen-bond donors (Lipinski definition) is 1. The molecule has 0 aromatic carbocycles. The minimum atomic E-state index is 0.00472. The van der Waals surface area contributed by atoms with Gasteiger partial charge in [0.1, 0.15) is 0 Å². The lowest BCUT2D eigenvalue weighted by atomic mass is 9.85. The zero-order chi connectivity index (χ0) is 11.1. The fourth-order valence-corrected chi connectivity index (χ4v) is 3.03. The van der Waals surface area contributed by atoms with Crippen LogP contribution in [-0.2, 0) is 4.79 Å². The Morgan fingerprint density at radius 3 is 2.80 bits per heavy atom. The molecule has 3 nitrogen and oxygen atoms in total. The highest BCUT2D eigenvalue weighted by molar-refractivity contribution is 5.88. The lowest BCUT2D eigenvalue weighted by Gasteiger charge is -2.35. The number of fused-ring (bicyclic) bond motifs is 1. The molecule has 2 unspecified atom stereocenters. The predicted octanol–water partition coefficient (Wildman–Crippen LogP) is 1.02. The summed E-state index contributed by atoms with van der Waals surface area (Å²) in [5.41, 5.74) is 0.00472. The molecule has 0 radical (unpaired) electrons. The number of nitrogens with zero attached hydrogens (tertiary/aromatic N) is 1. The summed E-state index contributed by atoms with van der Waals surface area (Å²) < 4.78 is 0. The normalized spacial score (nSPS) is 33.7. The summed E-state index contributed by atoms with van der Waals surface area (Å²) in [6, 6.07) is 0. The zero-order valence-corrected chi connectivity index (χ0v) is 9.79. The number of nitrogens with one attached hydrogen (secondary N) is 1. The van der Waals surface area contributed by atoms with Gasteiger partial charge >= 0.3 is 0 Å². The van der Waals surface area contributed by atoms with Crippen LogP contribution in [0, 0.1) is 11.8 Å². The average molecular weight is 208 g/mol. The predicted molar refractivity (Wildman–Crippen MR) is 60.5 cm³/mol. The van der Waals surface area contributed by atoms with Crippen LogP contribution >= 0.6 is 0 Å². The van der Waals surface area contributed by atoms with Crippen molar-refractivity contribution >= 4 is 5.91 Å². The third-order valence-corrected chi connectivity index (χ3v) is 3.94. The van der Waals surface area contributed by atoms with Gasteiger partial charge in [0.25, 0.3) is 0 Å². The molecule has 15 heavy (non-hydrogen) atoms. The third kappa shape index (κ3) is 1.59. The Kier molecular flexibility index (Phi) is 2.59. The maximum atomic E-state index is 11.9. The highest BCUT2D eigenvalue weighted by Crippen LogP contribution is 2.40. The molecule has 0 bridgehead atoms. The van der Waals surface area contributed by atoms with Gasteiger partial charge in [0, 0.05) is 25.2 Å². The van der Waals surface area contributed by atoms with Crippen molar-refractivity contribution < 1.29 is 4.79 Å². The van der Waals surface area contributed by atoms with Crippen LogP contribution in [0.3, 0.4) is 0 Å². The molecule has 1 N–H and O–H groups in total. The van der Waals surface area contributed by atoms with E-state index in [0.29, 0.717) is 11.8 Å². The van der Waals surface area contributed by atoms with Crippen molar-refractivity contribution in [1.82, 2.24) is 10.2 Å². The van der Waals surface area contributed by atoms with Crippen molar-refractivity contribution in [3.63, 3.8) is 0 Å². The van der Waals surface area contributed by atoms with Crippen molar-refractivity contribution in [3.05, 3.63) is 12.2 Å². The second-order valence-corrected chi connectivity index (χ2v) is 5.13. The smallest absolute Gasteiger partial charge is 0.246 e. The minimum Gasteiger partial charge on any atom is -0.333 e. The van der Waals surface area contributed by atoms with Crippen LogP contribution < -0.4 is 5.32 Å². The van der Waals surface area contributed by atoms with Crippen molar-refractivity contribution in [2.45, 2.75) is 26.3 Å². The van der Waals surface area contributed by atoms with Gasteiger partial charge in [-0.1, -0.05) is 6.08 Å². The molecule has 0 spiro atoms. The Morgan fingerprint density at radius 2 is 2.20 bits per heavy atom. The van der Waals surface area contributed by atoms with Gasteiger partial charge < -0.3 is 10.2 Å². The van der Waals surface area contributed by atoms with Gasteiger partial charge in [0.15, 0.2) is 0 Å². The lowest BCUT2D eigenvalue weighted by Crippen LogP contribution is -2.47. The largest absolute Gasteiger partial charge is 0.333 e. The molecule has 1 amide bonds. The monoisotopic (exact) mass is 208 g/mol. The Morgan fingerprint density at radius 1 is 1.47 bits per heavy atom. The summed E-state index contributed by atoms with van der Waals surface area (Å²) in [6.45, 7) is 9.29. The molecule has 3 heteroatoms. The molecule has 2 rings (SSSR count). The number of amides is 1. The number of rotatable bonds is 1. The fraction of sp³-hybridized carbons (Fsp3) is 0.750. The van der Waals surface area contributed by atoms with Gasteiger partial charge in [-0.3, -0.25) is 4.79 Å². The maximum absolute atomic E-state index is 11.9. The standard InChI is InChI=1S/C12H20N2O/c1-4-5-11(15)14-8-9-6-13-7-10(9)12(14,2)3/h4-5,9-10,13H,6-8H2,1-3H3. The molecule has 0 aromatic heterocycles. The van der Waals surface area contributed by atoms with Gasteiger partial charge in [-0.2, -0.15) is 0 Å². The number of carbonyl (C=O) groups is 1. The molecule has 2 aliphatic heterocycles. The molecule has 0 aromatic rings. The highest BCUT2D eigenvalue weighted by Gasteiger charge is 2.50. The van der Waals surface area contributed by atoms with Crippen LogP contribution in [0.15, 0.2) is 12.2 Å². The van der Waals surface area contributed by atoms with E-state index in [1.165, 1.54) is 0 Å². The van der Waals surface area contributed by atoms with E-state index in [1.807, 2.05) is 17.9 Å². The topological polar surface area (TPSA) is 32.3 Å². The SMILES string of the molecule is CC=CC(=O)N1CC2CNCC2C1(C)C. The van der Waals surface area contributed by atoms with Gasteiger partial charge in [-0.05, 0) is 38.7 Å². The first-order chi connectivity index (χ1) is 7.07. The Balaban J connectivity index is 2.18. The molecule has 0 saturated carbocycles. The second-order valence-electron chi connectivity index (χ2n) is 5.13. The van der Waals surface area contributed by atoms with Crippen molar-refractivity contribution in [2.75, 3.05) is 19.6 Å². The summed E-state index contributed by atoms with van der Waals surface area (Å²) in [5.74, 6) is 1.43. The minimum absolute atomic E-state index is 0.00472. The van der Waals surface area contributed by atoms with Gasteiger partial charge in [-0.25, -0.2) is 0 Å². The van der Waals surface area contributed by atoms with E-state index in [1.54, 1.807) is 6.08 Å². The van der Waals surface area contributed by atoms with Gasteiger partial charge in [0.05, 0.1) is 0 Å². The van der Waals surface area contributed by atoms with Crippen LogP contribution in [0.2, 0.25) is 0 Å². The molecule has 0 aliphatic carbocycles. The third-order valence-electron chi connectivity index (χ3n) is 3.94. The van der Waals surface area contributed by atoms with Crippen LogP contribution in [0.25, 0.3) is 0 Å². The van der Waals surface area contributed by atoms with E-state index < -0.39 is 0 Å². The molecule has 2 saturated heterocycles. The summed E-state index contributed by atoms with van der Waals surface area (Å²) in [6.07, 6.45) is 3.50.